The van der Waals surface area contributed by atoms with Gasteiger partial charge < -0.3 is 9.64 Å². The molecule has 7 heteroatoms. The molecule has 2 heterocycles. The molecule has 2 amide bonds. The molecule has 1 aliphatic heterocycles. The third-order valence-corrected chi connectivity index (χ3v) is 5.48. The average Bonchev–Trinajstić information content (AvgIpc) is 2.97. The fourth-order valence-corrected chi connectivity index (χ4v) is 4.03. The van der Waals surface area contributed by atoms with Crippen LogP contribution in [0.5, 0.6) is 5.75 Å². The van der Waals surface area contributed by atoms with Crippen LogP contribution in [0.2, 0.25) is 0 Å². The molecule has 1 aromatic heterocycles. The SMILES string of the molecule is CCc1cc2c(s1)N(C(=O)N(C)C)CCN=C2c1ccccc1OC.Cl. The molecule has 0 unspecified atom stereocenters. The van der Waals surface area contributed by atoms with Crippen LogP contribution >= 0.6 is 23.7 Å². The lowest BCUT2D eigenvalue weighted by molar-refractivity contribution is 0.224. The van der Waals surface area contributed by atoms with Crippen LogP contribution in [0.3, 0.4) is 0 Å². The van der Waals surface area contributed by atoms with Crippen molar-refractivity contribution in [1.29, 1.82) is 0 Å². The number of ether oxygens (including phenoxy) is 1. The number of benzene rings is 1. The standard InChI is InChI=1S/C19H23N3O2S.ClH/c1-5-13-12-15-17(14-8-6-7-9-16(14)24-4)20-10-11-22(18(15)25-13)19(23)21(2)3;/h6-9,12H,5,10-11H2,1-4H3;1H. The van der Waals surface area contributed by atoms with E-state index in [4.69, 9.17) is 9.73 Å². The molecular formula is C19H24ClN3O2S. The number of thiophene rings is 1. The van der Waals surface area contributed by atoms with E-state index in [1.54, 1.807) is 37.4 Å². The molecule has 0 saturated carbocycles. The van der Waals surface area contributed by atoms with Crippen molar-refractivity contribution in [3.63, 3.8) is 0 Å². The smallest absolute Gasteiger partial charge is 0.324 e. The molecule has 1 aromatic carbocycles. The Balaban J connectivity index is 0.00000243. The monoisotopic (exact) mass is 393 g/mol. The lowest BCUT2D eigenvalue weighted by atomic mass is 10.0. The minimum atomic E-state index is -0.0118. The number of aliphatic imine (C=N–C) groups is 1. The molecule has 1 aliphatic rings. The highest BCUT2D eigenvalue weighted by molar-refractivity contribution is 7.16. The van der Waals surface area contributed by atoms with E-state index in [-0.39, 0.29) is 18.4 Å². The first-order chi connectivity index (χ1) is 12.1. The predicted molar refractivity (Wildman–Crippen MR) is 111 cm³/mol. The number of carbonyl (C=O) groups is 1. The Morgan fingerprint density at radius 1 is 1.31 bits per heavy atom. The molecule has 140 valence electrons. The molecule has 3 rings (SSSR count). The summed E-state index contributed by atoms with van der Waals surface area (Å²) in [7, 11) is 5.23. The molecule has 0 radical (unpaired) electrons. The van der Waals surface area contributed by atoms with Crippen molar-refractivity contribution in [3.8, 4) is 5.75 Å². The number of amides is 2. The minimum absolute atomic E-state index is 0. The van der Waals surface area contributed by atoms with Crippen LogP contribution in [0.25, 0.3) is 0 Å². The van der Waals surface area contributed by atoms with Crippen molar-refractivity contribution in [2.45, 2.75) is 13.3 Å². The van der Waals surface area contributed by atoms with E-state index in [1.165, 1.54) is 4.88 Å². The topological polar surface area (TPSA) is 45.1 Å². The first kappa shape index (κ1) is 20.3. The number of nitrogens with zero attached hydrogens (tertiary/aromatic N) is 3. The highest BCUT2D eigenvalue weighted by Crippen LogP contribution is 2.37. The summed E-state index contributed by atoms with van der Waals surface area (Å²) in [4.78, 5) is 22.2. The molecule has 2 aromatic rings. The van der Waals surface area contributed by atoms with Gasteiger partial charge in [0.25, 0.3) is 0 Å². The van der Waals surface area contributed by atoms with Crippen LogP contribution in [-0.2, 0) is 6.42 Å². The van der Waals surface area contributed by atoms with Gasteiger partial charge in [-0.15, -0.1) is 23.7 Å². The summed E-state index contributed by atoms with van der Waals surface area (Å²) in [6.45, 7) is 3.27. The molecule has 5 nitrogen and oxygen atoms in total. The third-order valence-electron chi connectivity index (χ3n) is 4.18. The lowest BCUT2D eigenvalue weighted by Crippen LogP contribution is -2.40. The number of methoxy groups -OCH3 is 1. The first-order valence-electron chi connectivity index (χ1n) is 8.36. The van der Waals surface area contributed by atoms with Crippen molar-refractivity contribution in [2.24, 2.45) is 4.99 Å². The molecule has 0 saturated heterocycles. The van der Waals surface area contributed by atoms with E-state index in [9.17, 15) is 4.79 Å². The van der Waals surface area contributed by atoms with Crippen molar-refractivity contribution >= 4 is 40.5 Å². The number of carbonyl (C=O) groups excluding carboxylic acids is 1. The summed E-state index contributed by atoms with van der Waals surface area (Å²) in [6, 6.07) is 10.1. The maximum atomic E-state index is 12.7. The van der Waals surface area contributed by atoms with E-state index in [0.29, 0.717) is 13.1 Å². The van der Waals surface area contributed by atoms with Gasteiger partial charge in [-0.05, 0) is 24.6 Å². The van der Waals surface area contributed by atoms with Gasteiger partial charge in [0, 0.05) is 36.6 Å². The molecule has 0 aliphatic carbocycles. The summed E-state index contributed by atoms with van der Waals surface area (Å²) >= 11 is 1.67. The van der Waals surface area contributed by atoms with E-state index >= 15 is 0 Å². The second-order valence-corrected chi connectivity index (χ2v) is 7.16. The van der Waals surface area contributed by atoms with Gasteiger partial charge >= 0.3 is 6.03 Å². The van der Waals surface area contributed by atoms with Crippen LogP contribution in [0.1, 0.15) is 22.9 Å². The summed E-state index contributed by atoms with van der Waals surface area (Å²) < 4.78 is 5.53. The molecular weight excluding hydrogens is 370 g/mol. The molecule has 0 fully saturated rings. The van der Waals surface area contributed by atoms with Gasteiger partial charge in [-0.3, -0.25) is 9.89 Å². The van der Waals surface area contributed by atoms with Crippen LogP contribution in [0, 0.1) is 0 Å². The Labute approximate surface area is 164 Å². The number of urea groups is 1. The molecule has 0 bridgehead atoms. The van der Waals surface area contributed by atoms with E-state index in [1.807, 2.05) is 29.2 Å². The van der Waals surface area contributed by atoms with Gasteiger partial charge in [-0.2, -0.15) is 0 Å². The number of rotatable bonds is 3. The zero-order chi connectivity index (χ0) is 18.0. The van der Waals surface area contributed by atoms with Crippen LogP contribution in [0.4, 0.5) is 9.80 Å². The maximum absolute atomic E-state index is 12.7. The van der Waals surface area contributed by atoms with Crippen molar-refractivity contribution in [3.05, 3.63) is 46.3 Å². The summed E-state index contributed by atoms with van der Waals surface area (Å²) in [5.74, 6) is 0.795. The fraction of sp³-hybridized carbons (Fsp3) is 0.368. The van der Waals surface area contributed by atoms with Gasteiger partial charge in [-0.25, -0.2) is 4.79 Å². The lowest BCUT2D eigenvalue weighted by Gasteiger charge is -2.24. The normalized spacial score (nSPS) is 13.2. The molecule has 0 N–H and O–H groups in total. The Bertz CT molecular complexity index is 817. The van der Waals surface area contributed by atoms with Crippen molar-refractivity contribution in [2.75, 3.05) is 39.2 Å². The first-order valence-corrected chi connectivity index (χ1v) is 9.18. The number of para-hydroxylation sites is 1. The Morgan fingerprint density at radius 2 is 2.04 bits per heavy atom. The molecule has 0 atom stereocenters. The third kappa shape index (κ3) is 3.71. The summed E-state index contributed by atoms with van der Waals surface area (Å²) in [5.41, 5.74) is 2.88. The number of fused-ring (bicyclic) bond motifs is 1. The quantitative estimate of drug-likeness (QED) is 0.788. The number of halogens is 1. The van der Waals surface area contributed by atoms with Crippen molar-refractivity contribution in [1.82, 2.24) is 4.90 Å². The number of hydrogen-bond acceptors (Lipinski definition) is 4. The van der Waals surface area contributed by atoms with Crippen LogP contribution in [-0.4, -0.2) is 50.9 Å². The zero-order valence-corrected chi connectivity index (χ0v) is 17.1. The minimum Gasteiger partial charge on any atom is -0.496 e. The van der Waals surface area contributed by atoms with Gasteiger partial charge in [0.05, 0.1) is 19.4 Å². The van der Waals surface area contributed by atoms with Crippen LogP contribution < -0.4 is 9.64 Å². The second kappa shape index (κ2) is 8.56. The largest absolute Gasteiger partial charge is 0.496 e. The fourth-order valence-electron chi connectivity index (χ4n) is 2.92. The van der Waals surface area contributed by atoms with Crippen LogP contribution in [0.15, 0.2) is 35.3 Å². The predicted octanol–water partition coefficient (Wildman–Crippen LogP) is 4.08. The van der Waals surface area contributed by atoms with E-state index in [0.717, 1.165) is 34.0 Å². The van der Waals surface area contributed by atoms with E-state index < -0.39 is 0 Å². The Morgan fingerprint density at radius 3 is 2.69 bits per heavy atom. The number of anilines is 1. The molecule has 0 spiro atoms. The Hall–Kier alpha value is -2.05. The van der Waals surface area contributed by atoms with Crippen molar-refractivity contribution < 1.29 is 9.53 Å². The zero-order valence-electron chi connectivity index (χ0n) is 15.5. The van der Waals surface area contributed by atoms with Gasteiger partial charge in [0.15, 0.2) is 0 Å². The van der Waals surface area contributed by atoms with E-state index in [2.05, 4.69) is 13.0 Å². The number of aryl methyl sites for hydroxylation is 1. The summed E-state index contributed by atoms with van der Waals surface area (Å²) in [6.07, 6.45) is 0.931. The maximum Gasteiger partial charge on any atom is 0.324 e. The number of hydrogen-bond donors (Lipinski definition) is 0. The molecule has 26 heavy (non-hydrogen) atoms. The highest BCUT2D eigenvalue weighted by atomic mass is 35.5. The van der Waals surface area contributed by atoms with Gasteiger partial charge in [-0.1, -0.05) is 19.1 Å². The highest BCUT2D eigenvalue weighted by Gasteiger charge is 2.28. The van der Waals surface area contributed by atoms with Gasteiger partial charge in [0.2, 0.25) is 0 Å². The average molecular weight is 394 g/mol. The Kier molecular flexibility index (Phi) is 6.67. The second-order valence-electron chi connectivity index (χ2n) is 6.04. The summed E-state index contributed by atoms with van der Waals surface area (Å²) in [5, 5.41) is 0.970. The van der Waals surface area contributed by atoms with Gasteiger partial charge in [0.1, 0.15) is 10.8 Å².